The van der Waals surface area contributed by atoms with E-state index >= 15 is 0 Å². The number of nitrogens with zero attached hydrogens (tertiary/aromatic N) is 1. The smallest absolute Gasteiger partial charge is 0.389 e. The number of carbonyl (C=O) groups excluding carboxylic acids is 1. The predicted molar refractivity (Wildman–Crippen MR) is 106 cm³/mol. The number of hydrogen-bond acceptors (Lipinski definition) is 6. The maximum absolute atomic E-state index is 12.6. The van der Waals surface area contributed by atoms with Crippen LogP contribution in [0.5, 0.6) is 17.2 Å². The third kappa shape index (κ3) is 6.87. The molecule has 0 atom stereocenters. The first-order valence-electron chi connectivity index (χ1n) is 9.42. The average Bonchev–Trinajstić information content (AvgIpc) is 2.67. The number of nitro benzene ring substituents is 1. The van der Waals surface area contributed by atoms with Crippen LogP contribution in [0.15, 0.2) is 30.3 Å². The molecular formula is C21H22F3NO6. The van der Waals surface area contributed by atoms with Gasteiger partial charge in [0.1, 0.15) is 17.2 Å². The molecule has 2 aromatic rings. The fourth-order valence-corrected chi connectivity index (χ4v) is 2.85. The third-order valence-electron chi connectivity index (χ3n) is 4.47. The van der Waals surface area contributed by atoms with Crippen LogP contribution >= 0.6 is 0 Å². The molecule has 0 radical (unpaired) electrons. The molecule has 0 aliphatic rings. The maximum atomic E-state index is 12.6. The number of ether oxygens (including phenoxy) is 2. The van der Waals surface area contributed by atoms with Gasteiger partial charge in [-0.15, -0.1) is 0 Å². The molecule has 0 fully saturated rings. The number of Topliss-reactive ketones (excluding diaryl/α,β-unsaturated/α-hetero) is 1. The second-order valence-corrected chi connectivity index (χ2v) is 6.87. The minimum atomic E-state index is -4.43. The summed E-state index contributed by atoms with van der Waals surface area (Å²) in [5, 5.41) is 21.2. The van der Waals surface area contributed by atoms with Gasteiger partial charge in [0.05, 0.1) is 29.8 Å². The Hall–Kier alpha value is -3.30. The van der Waals surface area contributed by atoms with E-state index in [1.807, 2.05) is 0 Å². The van der Waals surface area contributed by atoms with Crippen molar-refractivity contribution in [2.45, 2.75) is 39.3 Å². The summed E-state index contributed by atoms with van der Waals surface area (Å²) in [6, 6.07) is 7.12. The Morgan fingerprint density at radius 1 is 1.16 bits per heavy atom. The molecule has 0 aliphatic heterocycles. The van der Waals surface area contributed by atoms with E-state index in [0.717, 1.165) is 0 Å². The van der Waals surface area contributed by atoms with Crippen molar-refractivity contribution in [1.29, 1.82) is 0 Å². The van der Waals surface area contributed by atoms with Crippen molar-refractivity contribution in [3.8, 4) is 17.2 Å². The summed E-state index contributed by atoms with van der Waals surface area (Å²) in [5.41, 5.74) is 0.277. The second kappa shape index (κ2) is 10.1. The highest BCUT2D eigenvalue weighted by molar-refractivity contribution is 5.97. The predicted octanol–water partition coefficient (Wildman–Crippen LogP) is 5.15. The summed E-state index contributed by atoms with van der Waals surface area (Å²) in [5.74, 6) is -0.625. The lowest BCUT2D eigenvalue weighted by Crippen LogP contribution is -2.11. The quantitative estimate of drug-likeness (QED) is 0.237. The zero-order valence-corrected chi connectivity index (χ0v) is 17.0. The molecule has 0 heterocycles. The molecule has 0 spiro atoms. The van der Waals surface area contributed by atoms with Crippen molar-refractivity contribution in [3.63, 3.8) is 0 Å². The molecule has 0 aromatic heterocycles. The monoisotopic (exact) mass is 441 g/mol. The van der Waals surface area contributed by atoms with Crippen LogP contribution in [0, 0.1) is 17.0 Å². The normalized spacial score (nSPS) is 11.3. The molecule has 10 heteroatoms. The first-order valence-corrected chi connectivity index (χ1v) is 9.42. The molecule has 2 aromatic carbocycles. The van der Waals surface area contributed by atoms with E-state index in [0.29, 0.717) is 17.7 Å². The summed E-state index contributed by atoms with van der Waals surface area (Å²) in [7, 11) is 0. The van der Waals surface area contributed by atoms with Crippen molar-refractivity contribution in [3.05, 3.63) is 57.1 Å². The largest absolute Gasteiger partial charge is 0.507 e. The van der Waals surface area contributed by atoms with Gasteiger partial charge >= 0.3 is 6.18 Å². The molecule has 1 N–H and O–H groups in total. The van der Waals surface area contributed by atoms with Gasteiger partial charge in [-0.25, -0.2) is 0 Å². The molecular weight excluding hydrogens is 419 g/mol. The van der Waals surface area contributed by atoms with Gasteiger partial charge in [0.15, 0.2) is 5.78 Å². The lowest BCUT2D eigenvalue weighted by molar-refractivity contribution is -0.385. The van der Waals surface area contributed by atoms with Crippen molar-refractivity contribution in [2.75, 3.05) is 13.2 Å². The Labute approximate surface area is 176 Å². The van der Waals surface area contributed by atoms with Crippen LogP contribution < -0.4 is 9.47 Å². The molecule has 0 saturated carbocycles. The van der Waals surface area contributed by atoms with E-state index in [1.165, 1.54) is 25.1 Å². The number of nitro groups is 1. The lowest BCUT2D eigenvalue weighted by atomic mass is 10.0. The molecule has 7 nitrogen and oxygen atoms in total. The van der Waals surface area contributed by atoms with E-state index in [4.69, 9.17) is 9.47 Å². The number of rotatable bonds is 10. The number of aromatic hydroxyl groups is 1. The second-order valence-electron chi connectivity index (χ2n) is 6.87. The number of phenols is 1. The van der Waals surface area contributed by atoms with Gasteiger partial charge in [-0.05, 0) is 44.5 Å². The number of alkyl halides is 3. The van der Waals surface area contributed by atoms with Gasteiger partial charge in [-0.2, -0.15) is 13.2 Å². The number of ketones is 1. The van der Waals surface area contributed by atoms with Gasteiger partial charge in [0, 0.05) is 24.0 Å². The molecule has 0 unspecified atom stereocenters. The summed E-state index contributed by atoms with van der Waals surface area (Å²) in [6.45, 7) is 3.02. The third-order valence-corrected chi connectivity index (χ3v) is 4.47. The van der Waals surface area contributed by atoms with Gasteiger partial charge in [0.25, 0.3) is 5.69 Å². The minimum absolute atomic E-state index is 0.0534. The van der Waals surface area contributed by atoms with Crippen molar-refractivity contribution in [1.82, 2.24) is 0 Å². The number of halogens is 3. The Bertz CT molecular complexity index is 959. The van der Waals surface area contributed by atoms with Gasteiger partial charge in [0.2, 0.25) is 0 Å². The fraction of sp³-hybridized carbons (Fsp3) is 0.381. The number of phenolic OH excluding ortho intramolecular Hbond substituents is 1. The highest BCUT2D eigenvalue weighted by atomic mass is 19.4. The highest BCUT2D eigenvalue weighted by Gasteiger charge is 2.28. The summed E-state index contributed by atoms with van der Waals surface area (Å²) in [6.07, 6.45) is -5.81. The topological polar surface area (TPSA) is 98.9 Å². The van der Waals surface area contributed by atoms with Crippen LogP contribution in [-0.4, -0.2) is 35.2 Å². The van der Waals surface area contributed by atoms with Gasteiger partial charge in [-0.3, -0.25) is 14.9 Å². The van der Waals surface area contributed by atoms with E-state index in [1.54, 1.807) is 19.1 Å². The van der Waals surface area contributed by atoms with Gasteiger partial charge in [-0.1, -0.05) is 0 Å². The zero-order chi connectivity index (χ0) is 23.2. The summed E-state index contributed by atoms with van der Waals surface area (Å²) in [4.78, 5) is 22.0. The minimum Gasteiger partial charge on any atom is -0.507 e. The van der Waals surface area contributed by atoms with Crippen molar-refractivity contribution >= 4 is 11.5 Å². The fourth-order valence-electron chi connectivity index (χ4n) is 2.85. The van der Waals surface area contributed by atoms with Crippen LogP contribution in [0.2, 0.25) is 0 Å². The lowest BCUT2D eigenvalue weighted by Gasteiger charge is -2.16. The Kier molecular flexibility index (Phi) is 7.84. The van der Waals surface area contributed by atoms with E-state index < -0.39 is 35.5 Å². The first-order chi connectivity index (χ1) is 14.5. The molecule has 0 aliphatic carbocycles. The number of aryl methyl sites for hydroxylation is 1. The summed E-state index contributed by atoms with van der Waals surface area (Å²) >= 11 is 0. The van der Waals surface area contributed by atoms with Crippen LogP contribution in [0.25, 0.3) is 0 Å². The van der Waals surface area contributed by atoms with Crippen molar-refractivity contribution in [2.24, 2.45) is 0 Å². The van der Waals surface area contributed by atoms with Crippen LogP contribution in [0.3, 0.4) is 0 Å². The Morgan fingerprint density at radius 3 is 2.45 bits per heavy atom. The molecule has 31 heavy (non-hydrogen) atoms. The number of hydrogen-bond donors (Lipinski definition) is 1. The number of carbonyl (C=O) groups is 1. The Balaban J connectivity index is 1.99. The van der Waals surface area contributed by atoms with Crippen LogP contribution in [0.4, 0.5) is 18.9 Å². The van der Waals surface area contributed by atoms with Crippen LogP contribution in [0.1, 0.15) is 41.3 Å². The van der Waals surface area contributed by atoms with Crippen molar-refractivity contribution < 1.29 is 37.5 Å². The maximum Gasteiger partial charge on any atom is 0.389 e. The average molecular weight is 441 g/mol. The van der Waals surface area contributed by atoms with E-state index in [9.17, 15) is 33.2 Å². The van der Waals surface area contributed by atoms with Gasteiger partial charge < -0.3 is 14.6 Å². The molecule has 0 amide bonds. The zero-order valence-electron chi connectivity index (χ0n) is 17.0. The van der Waals surface area contributed by atoms with E-state index in [2.05, 4.69) is 0 Å². The highest BCUT2D eigenvalue weighted by Crippen LogP contribution is 2.35. The van der Waals surface area contributed by atoms with E-state index in [-0.39, 0.29) is 35.8 Å². The number of benzene rings is 2. The molecule has 0 saturated heterocycles. The molecule has 2 rings (SSSR count). The summed E-state index contributed by atoms with van der Waals surface area (Å²) < 4.78 is 48.9. The SMILES string of the molecule is CC(=O)c1ccc(OCCCOc2ccc(C)c([N+](=O)[O-])c2)c(CCC(F)(F)F)c1O. The standard InChI is InChI=1S/C21H22F3NO6/c1-13-4-5-15(12-18(13)25(28)29)30-10-3-11-31-19-7-6-16(14(2)26)20(27)17(19)8-9-21(22,23)24/h4-7,12,27H,3,8-11H2,1-2H3. The molecule has 168 valence electrons. The molecule has 0 bridgehead atoms. The first kappa shape index (κ1) is 24.0. The Morgan fingerprint density at radius 2 is 1.84 bits per heavy atom. The van der Waals surface area contributed by atoms with Crippen LogP contribution in [-0.2, 0) is 6.42 Å².